The summed E-state index contributed by atoms with van der Waals surface area (Å²) in [6.45, 7) is 1.53. The van der Waals surface area contributed by atoms with Gasteiger partial charge in [-0.3, -0.25) is 15.0 Å². The van der Waals surface area contributed by atoms with Gasteiger partial charge < -0.3 is 18.9 Å². The second-order valence-corrected chi connectivity index (χ2v) is 8.71. The first-order valence-corrected chi connectivity index (χ1v) is 11.9. The molecule has 1 atom stereocenters. The monoisotopic (exact) mass is 492 g/mol. The molecule has 36 heavy (non-hydrogen) atoms. The van der Waals surface area contributed by atoms with Crippen molar-refractivity contribution in [3.05, 3.63) is 87.0 Å². The summed E-state index contributed by atoms with van der Waals surface area (Å²) in [5.74, 6) is 2.02. The van der Waals surface area contributed by atoms with E-state index >= 15 is 0 Å². The maximum Gasteiger partial charge on any atom is 0.278 e. The lowest BCUT2D eigenvalue weighted by molar-refractivity contribution is -0.386. The van der Waals surface area contributed by atoms with Crippen molar-refractivity contribution in [1.29, 1.82) is 0 Å². The Morgan fingerprint density at radius 3 is 2.06 bits per heavy atom. The molecule has 1 heterocycles. The van der Waals surface area contributed by atoms with E-state index in [0.717, 1.165) is 43.5 Å². The summed E-state index contributed by atoms with van der Waals surface area (Å²) in [6, 6.07) is 17.1. The van der Waals surface area contributed by atoms with E-state index in [2.05, 4.69) is 17.0 Å². The van der Waals surface area contributed by atoms with E-state index in [1.807, 2.05) is 30.3 Å². The molecule has 0 N–H and O–H groups in total. The summed E-state index contributed by atoms with van der Waals surface area (Å²) in [7, 11) is 6.22. The van der Waals surface area contributed by atoms with Crippen molar-refractivity contribution in [2.75, 3.05) is 41.5 Å². The number of methoxy groups -OCH3 is 4. The van der Waals surface area contributed by atoms with Gasteiger partial charge in [0.2, 0.25) is 0 Å². The summed E-state index contributed by atoms with van der Waals surface area (Å²) in [5.41, 5.74) is 3.88. The lowest BCUT2D eigenvalue weighted by Crippen LogP contribution is -2.37. The summed E-state index contributed by atoms with van der Waals surface area (Å²) >= 11 is 0. The van der Waals surface area contributed by atoms with Crippen LogP contribution < -0.4 is 18.9 Å². The number of hydrogen-bond donors (Lipinski definition) is 0. The van der Waals surface area contributed by atoms with Gasteiger partial charge in [-0.15, -0.1) is 0 Å². The predicted molar refractivity (Wildman–Crippen MR) is 138 cm³/mol. The first-order chi connectivity index (χ1) is 17.5. The molecule has 8 heteroatoms. The minimum Gasteiger partial charge on any atom is -0.493 e. The molecule has 0 bridgehead atoms. The molecule has 0 amide bonds. The highest BCUT2D eigenvalue weighted by Crippen LogP contribution is 2.46. The molecular weight excluding hydrogens is 460 g/mol. The van der Waals surface area contributed by atoms with Gasteiger partial charge in [0.15, 0.2) is 23.0 Å². The van der Waals surface area contributed by atoms with Gasteiger partial charge >= 0.3 is 0 Å². The van der Waals surface area contributed by atoms with Gasteiger partial charge in [-0.1, -0.05) is 30.3 Å². The molecule has 0 spiro atoms. The topological polar surface area (TPSA) is 83.3 Å². The van der Waals surface area contributed by atoms with Crippen LogP contribution in [0.4, 0.5) is 5.69 Å². The number of fused-ring (bicyclic) bond motifs is 1. The van der Waals surface area contributed by atoms with Crippen LogP contribution in [0.25, 0.3) is 0 Å². The standard InChI is InChI=1S/C28H32N2O6/c1-33-24-15-20-12-14-29(13-8-11-19-9-6-5-7-10-19)28(21(20)16-25(24)34-2)22-17-26(35-3)27(36-4)18-23(22)30(31)32/h5-7,9-10,15-18,28H,8,11-14H2,1-4H3/t28-/m0/s1. The molecule has 8 nitrogen and oxygen atoms in total. The lowest BCUT2D eigenvalue weighted by atomic mass is 9.86. The molecule has 1 aliphatic rings. The van der Waals surface area contributed by atoms with Crippen molar-refractivity contribution in [2.45, 2.75) is 25.3 Å². The van der Waals surface area contributed by atoms with Crippen LogP contribution in [0.5, 0.6) is 23.0 Å². The highest BCUT2D eigenvalue weighted by atomic mass is 16.6. The lowest BCUT2D eigenvalue weighted by Gasteiger charge is -2.38. The zero-order valence-corrected chi connectivity index (χ0v) is 21.2. The Hall–Kier alpha value is -3.78. The second kappa shape index (κ2) is 11.3. The normalized spacial score (nSPS) is 15.2. The molecule has 1 aliphatic heterocycles. The SMILES string of the molecule is COc1cc2c(cc1OC)[C@@H](c1cc(OC)c(OC)cc1[N+](=O)[O-])N(CCCc1ccccc1)CC2. The Morgan fingerprint density at radius 1 is 0.861 bits per heavy atom. The Labute approximate surface area is 211 Å². The molecular formula is C28H32N2O6. The molecule has 0 saturated carbocycles. The molecule has 0 aliphatic carbocycles. The van der Waals surface area contributed by atoms with Crippen molar-refractivity contribution in [1.82, 2.24) is 4.90 Å². The molecule has 0 unspecified atom stereocenters. The minimum atomic E-state index is -0.357. The van der Waals surface area contributed by atoms with Gasteiger partial charge in [0.05, 0.1) is 51.0 Å². The molecule has 0 fully saturated rings. The van der Waals surface area contributed by atoms with E-state index in [4.69, 9.17) is 18.9 Å². The van der Waals surface area contributed by atoms with E-state index in [1.54, 1.807) is 20.3 Å². The fraction of sp³-hybridized carbons (Fsp3) is 0.357. The van der Waals surface area contributed by atoms with Crippen molar-refractivity contribution in [2.24, 2.45) is 0 Å². The maximum atomic E-state index is 12.2. The Balaban J connectivity index is 1.81. The number of rotatable bonds is 10. The van der Waals surface area contributed by atoms with E-state index in [-0.39, 0.29) is 16.7 Å². The third-order valence-corrected chi connectivity index (χ3v) is 6.75. The fourth-order valence-electron chi connectivity index (χ4n) is 4.99. The van der Waals surface area contributed by atoms with Crippen LogP contribution in [0.15, 0.2) is 54.6 Å². The van der Waals surface area contributed by atoms with Crippen LogP contribution in [-0.2, 0) is 12.8 Å². The predicted octanol–water partition coefficient (Wildman–Crippen LogP) is 5.21. The van der Waals surface area contributed by atoms with Crippen LogP contribution >= 0.6 is 0 Å². The summed E-state index contributed by atoms with van der Waals surface area (Å²) < 4.78 is 22.0. The van der Waals surface area contributed by atoms with Crippen molar-refractivity contribution in [3.63, 3.8) is 0 Å². The van der Waals surface area contributed by atoms with Crippen LogP contribution in [-0.4, -0.2) is 51.4 Å². The van der Waals surface area contributed by atoms with Crippen molar-refractivity contribution >= 4 is 5.69 Å². The maximum absolute atomic E-state index is 12.2. The molecule has 3 aromatic rings. The van der Waals surface area contributed by atoms with E-state index in [9.17, 15) is 10.1 Å². The summed E-state index contributed by atoms with van der Waals surface area (Å²) in [4.78, 5) is 14.2. The molecule has 0 saturated heterocycles. The zero-order chi connectivity index (χ0) is 25.7. The van der Waals surface area contributed by atoms with Crippen LogP contribution in [0.2, 0.25) is 0 Å². The number of nitro benzene ring substituents is 1. The first-order valence-electron chi connectivity index (χ1n) is 11.9. The molecule has 190 valence electrons. The average Bonchev–Trinajstić information content (AvgIpc) is 2.91. The first kappa shape index (κ1) is 25.3. The summed E-state index contributed by atoms with van der Waals surface area (Å²) in [6.07, 6.45) is 2.65. The van der Waals surface area contributed by atoms with Crippen LogP contribution in [0.3, 0.4) is 0 Å². The third-order valence-electron chi connectivity index (χ3n) is 6.75. The summed E-state index contributed by atoms with van der Waals surface area (Å²) in [5, 5.41) is 12.2. The van der Waals surface area contributed by atoms with E-state index < -0.39 is 0 Å². The average molecular weight is 493 g/mol. The Morgan fingerprint density at radius 2 is 1.44 bits per heavy atom. The highest BCUT2D eigenvalue weighted by Gasteiger charge is 2.35. The molecule has 3 aromatic carbocycles. The van der Waals surface area contributed by atoms with Crippen LogP contribution in [0.1, 0.15) is 34.7 Å². The Bertz CT molecular complexity index is 1210. The fourth-order valence-corrected chi connectivity index (χ4v) is 4.99. The number of benzene rings is 3. The number of ether oxygens (including phenoxy) is 4. The van der Waals surface area contributed by atoms with Crippen molar-refractivity contribution < 1.29 is 23.9 Å². The largest absolute Gasteiger partial charge is 0.493 e. The quantitative estimate of drug-likeness (QED) is 0.284. The Kier molecular flexibility index (Phi) is 7.95. The van der Waals surface area contributed by atoms with E-state index in [1.165, 1.54) is 25.8 Å². The van der Waals surface area contributed by atoms with Crippen molar-refractivity contribution in [3.8, 4) is 23.0 Å². The van der Waals surface area contributed by atoms with Crippen LogP contribution in [0, 0.1) is 10.1 Å². The zero-order valence-electron chi connectivity index (χ0n) is 21.2. The number of aryl methyl sites for hydroxylation is 1. The highest BCUT2D eigenvalue weighted by molar-refractivity contribution is 5.60. The molecule has 0 radical (unpaired) electrons. The number of hydrogen-bond acceptors (Lipinski definition) is 7. The minimum absolute atomic E-state index is 0.00616. The molecule has 4 rings (SSSR count). The third kappa shape index (κ3) is 5.09. The number of nitro groups is 1. The smallest absolute Gasteiger partial charge is 0.278 e. The van der Waals surface area contributed by atoms with Gasteiger partial charge in [0.1, 0.15) is 0 Å². The van der Waals surface area contributed by atoms with Gasteiger partial charge in [0.25, 0.3) is 5.69 Å². The molecule has 0 aromatic heterocycles. The van der Waals surface area contributed by atoms with Gasteiger partial charge in [-0.05, 0) is 60.7 Å². The van der Waals surface area contributed by atoms with Gasteiger partial charge in [-0.2, -0.15) is 0 Å². The van der Waals surface area contributed by atoms with E-state index in [0.29, 0.717) is 28.6 Å². The van der Waals surface area contributed by atoms with Gasteiger partial charge in [-0.25, -0.2) is 0 Å². The number of nitrogens with zero attached hydrogens (tertiary/aromatic N) is 2. The second-order valence-electron chi connectivity index (χ2n) is 8.71. The van der Waals surface area contributed by atoms with Gasteiger partial charge in [0, 0.05) is 6.54 Å².